The summed E-state index contributed by atoms with van der Waals surface area (Å²) in [6.07, 6.45) is 6.90. The fraction of sp³-hybridized carbons (Fsp3) is 0.421. The average Bonchev–Trinajstić information content (AvgIpc) is 2.98. The van der Waals surface area contributed by atoms with Crippen LogP contribution in [0.5, 0.6) is 0 Å². The number of carbonyl (C=O) groups is 1. The molecule has 5 nitrogen and oxygen atoms in total. The number of thioether (sulfide) groups is 1. The largest absolute Gasteiger partial charge is 0.353 e. The van der Waals surface area contributed by atoms with Crippen molar-refractivity contribution in [2.24, 2.45) is 5.92 Å². The number of hydrogen-bond donors (Lipinski definition) is 1. The molecule has 0 spiro atoms. The van der Waals surface area contributed by atoms with Crippen molar-refractivity contribution in [3.8, 4) is 0 Å². The minimum Gasteiger partial charge on any atom is -0.353 e. The molecule has 26 heavy (non-hydrogen) atoms. The number of hydrogen-bond acceptors (Lipinski definition) is 4. The molecule has 0 aliphatic heterocycles. The molecule has 0 atom stereocenters. The van der Waals surface area contributed by atoms with Gasteiger partial charge in [-0.2, -0.15) is 0 Å². The zero-order chi connectivity index (χ0) is 18.9. The highest BCUT2D eigenvalue weighted by atomic mass is 35.5. The van der Waals surface area contributed by atoms with Gasteiger partial charge in [-0.3, -0.25) is 4.79 Å². The molecule has 1 amide bonds. The highest BCUT2D eigenvalue weighted by molar-refractivity contribution is 7.98. The molecule has 0 bridgehead atoms. The topological polar surface area (TPSA) is 59.8 Å². The zero-order valence-electron chi connectivity index (χ0n) is 15.4. The van der Waals surface area contributed by atoms with Gasteiger partial charge < -0.3 is 9.88 Å². The number of nitrogens with one attached hydrogen (secondary N) is 1. The smallest absolute Gasteiger partial charge is 0.243 e. The molecule has 2 aromatic rings. The lowest BCUT2D eigenvalue weighted by atomic mass is 10.2. The Balaban J connectivity index is 1.80. The van der Waals surface area contributed by atoms with Crippen molar-refractivity contribution < 1.29 is 4.79 Å². The van der Waals surface area contributed by atoms with E-state index in [1.165, 1.54) is 6.08 Å². The Bertz CT molecular complexity index is 758. The minimum absolute atomic E-state index is 0.113. The van der Waals surface area contributed by atoms with Gasteiger partial charge in [-0.1, -0.05) is 49.3 Å². The third kappa shape index (κ3) is 6.50. The number of carbonyl (C=O) groups excluding carboxylic acids is 1. The van der Waals surface area contributed by atoms with Crippen molar-refractivity contribution in [1.29, 1.82) is 0 Å². The lowest BCUT2D eigenvalue weighted by molar-refractivity contribution is -0.116. The quantitative estimate of drug-likeness (QED) is 0.397. The van der Waals surface area contributed by atoms with Crippen LogP contribution in [0.1, 0.15) is 31.7 Å². The minimum atomic E-state index is -0.113. The van der Waals surface area contributed by atoms with Gasteiger partial charge in [0.25, 0.3) is 0 Å². The molecule has 1 aromatic heterocycles. The van der Waals surface area contributed by atoms with Crippen molar-refractivity contribution in [2.45, 2.75) is 38.4 Å². The van der Waals surface area contributed by atoms with Gasteiger partial charge in [0.1, 0.15) is 5.82 Å². The predicted octanol–water partition coefficient (Wildman–Crippen LogP) is 4.07. The fourth-order valence-electron chi connectivity index (χ4n) is 2.50. The van der Waals surface area contributed by atoms with Gasteiger partial charge in [0.05, 0.1) is 0 Å². The summed E-state index contributed by atoms with van der Waals surface area (Å²) in [5.74, 6) is 1.40. The van der Waals surface area contributed by atoms with E-state index in [4.69, 9.17) is 11.6 Å². The SMILES string of the molecule is CSc1nnc(CCCNC(=O)/C=C/c2cccc(Cl)c2)n1CC(C)C. The van der Waals surface area contributed by atoms with Crippen molar-refractivity contribution in [3.05, 3.63) is 46.8 Å². The summed E-state index contributed by atoms with van der Waals surface area (Å²) in [5, 5.41) is 13.0. The average molecular weight is 393 g/mol. The Morgan fingerprint density at radius 2 is 2.19 bits per heavy atom. The Morgan fingerprint density at radius 1 is 1.38 bits per heavy atom. The Kier molecular flexibility index (Phi) is 8.19. The molecule has 140 valence electrons. The molecular weight excluding hydrogens is 368 g/mol. The molecular formula is C19H25ClN4OS. The van der Waals surface area contributed by atoms with E-state index in [1.807, 2.05) is 24.5 Å². The summed E-state index contributed by atoms with van der Waals surface area (Å²) < 4.78 is 2.18. The number of aryl methyl sites for hydroxylation is 1. The monoisotopic (exact) mass is 392 g/mol. The Labute approximate surface area is 164 Å². The van der Waals surface area contributed by atoms with Crippen LogP contribution in [0.25, 0.3) is 6.08 Å². The number of benzene rings is 1. The second kappa shape index (κ2) is 10.4. The van der Waals surface area contributed by atoms with Crippen LogP contribution in [-0.4, -0.2) is 33.5 Å². The summed E-state index contributed by atoms with van der Waals surface area (Å²) in [6, 6.07) is 7.38. The van der Waals surface area contributed by atoms with Crippen molar-refractivity contribution in [2.75, 3.05) is 12.8 Å². The van der Waals surface area contributed by atoms with E-state index in [2.05, 4.69) is 33.9 Å². The maximum Gasteiger partial charge on any atom is 0.243 e. The fourth-order valence-corrected chi connectivity index (χ4v) is 3.22. The van der Waals surface area contributed by atoms with Crippen molar-refractivity contribution >= 4 is 35.3 Å². The second-order valence-electron chi connectivity index (χ2n) is 6.39. The van der Waals surface area contributed by atoms with E-state index in [9.17, 15) is 4.79 Å². The molecule has 0 fully saturated rings. The first-order valence-electron chi connectivity index (χ1n) is 8.67. The van der Waals surface area contributed by atoms with Crippen LogP contribution < -0.4 is 5.32 Å². The number of halogens is 1. The summed E-state index contributed by atoms with van der Waals surface area (Å²) in [7, 11) is 0. The van der Waals surface area contributed by atoms with Crippen LogP contribution in [0.2, 0.25) is 5.02 Å². The maximum atomic E-state index is 11.9. The van der Waals surface area contributed by atoms with Gasteiger partial charge in [-0.05, 0) is 42.4 Å². The molecule has 7 heteroatoms. The van der Waals surface area contributed by atoms with Crippen LogP contribution in [0.4, 0.5) is 0 Å². The molecule has 0 saturated heterocycles. The molecule has 0 aliphatic rings. The van der Waals surface area contributed by atoms with Gasteiger partial charge in [-0.15, -0.1) is 10.2 Å². The summed E-state index contributed by atoms with van der Waals surface area (Å²) in [4.78, 5) is 11.9. The van der Waals surface area contributed by atoms with Gasteiger partial charge >= 0.3 is 0 Å². The van der Waals surface area contributed by atoms with E-state index in [0.717, 1.165) is 35.9 Å². The van der Waals surface area contributed by atoms with Gasteiger partial charge in [0.2, 0.25) is 5.91 Å². The lowest BCUT2D eigenvalue weighted by Crippen LogP contribution is -2.23. The first-order valence-corrected chi connectivity index (χ1v) is 10.3. The van der Waals surface area contributed by atoms with Gasteiger partial charge in [0, 0.05) is 30.6 Å². The van der Waals surface area contributed by atoms with Gasteiger partial charge in [-0.25, -0.2) is 0 Å². The number of amides is 1. The van der Waals surface area contributed by atoms with E-state index >= 15 is 0 Å². The predicted molar refractivity (Wildman–Crippen MR) is 108 cm³/mol. The first kappa shape index (κ1) is 20.5. The molecule has 1 aromatic carbocycles. The normalized spacial score (nSPS) is 11.4. The van der Waals surface area contributed by atoms with Crippen molar-refractivity contribution in [3.63, 3.8) is 0 Å². The molecule has 1 heterocycles. The van der Waals surface area contributed by atoms with Crippen LogP contribution in [0.15, 0.2) is 35.5 Å². The molecule has 0 saturated carbocycles. The van der Waals surface area contributed by atoms with E-state index in [-0.39, 0.29) is 5.91 Å². The summed E-state index contributed by atoms with van der Waals surface area (Å²) >= 11 is 7.54. The first-order chi connectivity index (χ1) is 12.5. The number of aromatic nitrogens is 3. The molecule has 1 N–H and O–H groups in total. The molecule has 2 rings (SSSR count). The Morgan fingerprint density at radius 3 is 2.88 bits per heavy atom. The lowest BCUT2D eigenvalue weighted by Gasteiger charge is -2.11. The van der Waals surface area contributed by atoms with E-state index < -0.39 is 0 Å². The van der Waals surface area contributed by atoms with Gasteiger partial charge in [0.15, 0.2) is 5.16 Å². The zero-order valence-corrected chi connectivity index (χ0v) is 17.0. The number of nitrogens with zero attached hydrogens (tertiary/aromatic N) is 3. The molecule has 0 unspecified atom stereocenters. The standard InChI is InChI=1S/C19H25ClN4OS/c1-14(2)13-24-17(22-23-19(24)26-3)8-5-11-21-18(25)10-9-15-6-4-7-16(20)12-15/h4,6-7,9-10,12,14H,5,8,11,13H2,1-3H3,(H,21,25)/b10-9+. The summed E-state index contributed by atoms with van der Waals surface area (Å²) in [5.41, 5.74) is 0.902. The second-order valence-corrected chi connectivity index (χ2v) is 7.60. The van der Waals surface area contributed by atoms with E-state index in [0.29, 0.717) is 17.5 Å². The van der Waals surface area contributed by atoms with Crippen LogP contribution in [-0.2, 0) is 17.8 Å². The third-order valence-corrected chi connectivity index (χ3v) is 4.58. The highest BCUT2D eigenvalue weighted by Gasteiger charge is 2.12. The van der Waals surface area contributed by atoms with E-state index in [1.54, 1.807) is 23.9 Å². The Hall–Kier alpha value is -1.79. The highest BCUT2D eigenvalue weighted by Crippen LogP contribution is 2.16. The molecule has 0 aliphatic carbocycles. The van der Waals surface area contributed by atoms with Crippen molar-refractivity contribution in [1.82, 2.24) is 20.1 Å². The van der Waals surface area contributed by atoms with Crippen LogP contribution in [0, 0.1) is 5.92 Å². The maximum absolute atomic E-state index is 11.9. The third-order valence-electron chi connectivity index (χ3n) is 3.68. The molecule has 0 radical (unpaired) electrons. The number of rotatable bonds is 9. The van der Waals surface area contributed by atoms with Crippen LogP contribution in [0.3, 0.4) is 0 Å². The van der Waals surface area contributed by atoms with Crippen LogP contribution >= 0.6 is 23.4 Å². The summed E-state index contributed by atoms with van der Waals surface area (Å²) in [6.45, 7) is 5.87.